The van der Waals surface area contributed by atoms with E-state index >= 15 is 0 Å². The second kappa shape index (κ2) is 8.20. The molecule has 1 atom stereocenters. The van der Waals surface area contributed by atoms with Gasteiger partial charge in [-0.25, -0.2) is 0 Å². The van der Waals surface area contributed by atoms with Crippen LogP contribution in [0.2, 0.25) is 0 Å². The number of nitro benzene ring substituents is 1. The van der Waals surface area contributed by atoms with Gasteiger partial charge in [0.05, 0.1) is 24.0 Å². The van der Waals surface area contributed by atoms with Crippen LogP contribution in [0.3, 0.4) is 0 Å². The van der Waals surface area contributed by atoms with E-state index in [1.54, 1.807) is 13.0 Å². The zero-order chi connectivity index (χ0) is 19.4. The molecule has 0 heterocycles. The Kier molecular flexibility index (Phi) is 5.74. The van der Waals surface area contributed by atoms with Crippen LogP contribution < -0.4 is 5.32 Å². The zero-order valence-electron chi connectivity index (χ0n) is 15.7. The number of nitro groups is 1. The molecule has 1 aliphatic rings. The fourth-order valence-electron chi connectivity index (χ4n) is 3.57. The fourth-order valence-corrected chi connectivity index (χ4v) is 3.57. The molecular weight excluding hydrogens is 344 g/mol. The van der Waals surface area contributed by atoms with Crippen LogP contribution >= 0.6 is 0 Å². The van der Waals surface area contributed by atoms with Gasteiger partial charge in [0, 0.05) is 17.3 Å². The third-order valence-corrected chi connectivity index (χ3v) is 4.88. The number of carbonyl (C=O) groups excluding carboxylic acids is 1. The average molecular weight is 368 g/mol. The van der Waals surface area contributed by atoms with Gasteiger partial charge in [-0.15, -0.1) is 0 Å². The molecule has 0 radical (unpaired) electrons. The summed E-state index contributed by atoms with van der Waals surface area (Å²) in [7, 11) is 0. The topological polar surface area (TPSA) is 81.5 Å². The molecular formula is C21H24N2O4. The Bertz CT molecular complexity index is 846. The van der Waals surface area contributed by atoms with Crippen LogP contribution in [0, 0.1) is 17.0 Å². The Morgan fingerprint density at radius 3 is 2.70 bits per heavy atom. The Labute approximate surface area is 158 Å². The van der Waals surface area contributed by atoms with Crippen molar-refractivity contribution >= 4 is 17.3 Å². The van der Waals surface area contributed by atoms with Crippen LogP contribution in [0.25, 0.3) is 0 Å². The SMILES string of the molecule is CCOC(=O)Cc1cc2c(cc1[N+](=O)[O-])C(Nc1ccc(C)cc1)CCC2. The van der Waals surface area contributed by atoms with Crippen molar-refractivity contribution in [2.24, 2.45) is 0 Å². The lowest BCUT2D eigenvalue weighted by molar-refractivity contribution is -0.385. The normalized spacial score (nSPS) is 15.7. The van der Waals surface area contributed by atoms with Gasteiger partial charge < -0.3 is 10.1 Å². The smallest absolute Gasteiger partial charge is 0.310 e. The van der Waals surface area contributed by atoms with Gasteiger partial charge in [-0.2, -0.15) is 0 Å². The van der Waals surface area contributed by atoms with E-state index in [4.69, 9.17) is 4.74 Å². The highest BCUT2D eigenvalue weighted by Crippen LogP contribution is 2.36. The summed E-state index contributed by atoms with van der Waals surface area (Å²) in [5.74, 6) is -0.439. The van der Waals surface area contributed by atoms with E-state index in [2.05, 4.69) is 5.32 Å². The summed E-state index contributed by atoms with van der Waals surface area (Å²) < 4.78 is 4.96. The van der Waals surface area contributed by atoms with Crippen molar-refractivity contribution in [3.8, 4) is 0 Å². The third kappa shape index (κ3) is 4.45. The third-order valence-electron chi connectivity index (χ3n) is 4.88. The molecule has 0 bridgehead atoms. The fraction of sp³-hybridized carbons (Fsp3) is 0.381. The molecule has 142 valence electrons. The molecule has 1 N–H and O–H groups in total. The van der Waals surface area contributed by atoms with Crippen molar-refractivity contribution in [1.29, 1.82) is 0 Å². The van der Waals surface area contributed by atoms with E-state index in [1.165, 1.54) is 5.56 Å². The molecule has 2 aromatic rings. The van der Waals surface area contributed by atoms with Crippen LogP contribution in [0.15, 0.2) is 36.4 Å². The highest BCUT2D eigenvalue weighted by atomic mass is 16.6. The van der Waals surface area contributed by atoms with E-state index < -0.39 is 10.9 Å². The summed E-state index contributed by atoms with van der Waals surface area (Å²) >= 11 is 0. The Morgan fingerprint density at radius 2 is 2.04 bits per heavy atom. The van der Waals surface area contributed by atoms with Gasteiger partial charge in [-0.3, -0.25) is 14.9 Å². The lowest BCUT2D eigenvalue weighted by Gasteiger charge is -2.28. The Morgan fingerprint density at radius 1 is 1.30 bits per heavy atom. The summed E-state index contributed by atoms with van der Waals surface area (Å²) in [4.78, 5) is 23.0. The number of carbonyl (C=O) groups is 1. The van der Waals surface area contributed by atoms with Crippen LogP contribution in [0.1, 0.15) is 48.1 Å². The number of hydrogen-bond acceptors (Lipinski definition) is 5. The summed E-state index contributed by atoms with van der Waals surface area (Å²) in [6, 6.07) is 11.6. The second-order valence-corrected chi connectivity index (χ2v) is 6.87. The van der Waals surface area contributed by atoms with Crippen LogP contribution in [-0.4, -0.2) is 17.5 Å². The molecule has 1 aliphatic carbocycles. The molecule has 0 amide bonds. The number of rotatable bonds is 6. The standard InChI is InChI=1S/C21H24N2O4/c1-3-27-21(24)12-16-11-15-5-4-6-19(18(15)13-20(16)23(25)26)22-17-9-7-14(2)8-10-17/h7-11,13,19,22H,3-6,12H2,1-2H3. The molecule has 0 fully saturated rings. The van der Waals surface area contributed by atoms with E-state index in [9.17, 15) is 14.9 Å². The quantitative estimate of drug-likeness (QED) is 0.461. The number of ether oxygens (including phenoxy) is 1. The maximum atomic E-state index is 11.8. The van der Waals surface area contributed by atoms with Crippen molar-refractivity contribution in [3.63, 3.8) is 0 Å². The second-order valence-electron chi connectivity index (χ2n) is 6.87. The molecule has 0 saturated heterocycles. The van der Waals surface area contributed by atoms with E-state index in [0.29, 0.717) is 5.56 Å². The summed E-state index contributed by atoms with van der Waals surface area (Å²) in [5.41, 5.74) is 4.60. The van der Waals surface area contributed by atoms with Gasteiger partial charge in [-0.05, 0) is 62.4 Å². The summed E-state index contributed by atoms with van der Waals surface area (Å²) in [6.07, 6.45) is 2.69. The molecule has 0 aromatic heterocycles. The Hall–Kier alpha value is -2.89. The van der Waals surface area contributed by atoms with Crippen LogP contribution in [0.5, 0.6) is 0 Å². The van der Waals surface area contributed by atoms with Gasteiger partial charge in [0.15, 0.2) is 0 Å². The molecule has 0 spiro atoms. The molecule has 6 heteroatoms. The van der Waals surface area contributed by atoms with Crippen molar-refractivity contribution in [2.75, 3.05) is 11.9 Å². The van der Waals surface area contributed by atoms with Crippen molar-refractivity contribution in [3.05, 3.63) is 68.8 Å². The molecule has 0 aliphatic heterocycles. The number of benzene rings is 2. The van der Waals surface area contributed by atoms with E-state index in [1.807, 2.05) is 37.3 Å². The first kappa shape index (κ1) is 18.9. The largest absolute Gasteiger partial charge is 0.466 e. The van der Waals surface area contributed by atoms with Gasteiger partial charge >= 0.3 is 5.97 Å². The zero-order valence-corrected chi connectivity index (χ0v) is 15.7. The lowest BCUT2D eigenvalue weighted by Crippen LogP contribution is -2.19. The minimum absolute atomic E-state index is 0.0144. The van der Waals surface area contributed by atoms with E-state index in [0.717, 1.165) is 36.1 Å². The highest BCUT2D eigenvalue weighted by molar-refractivity contribution is 5.74. The predicted molar refractivity (Wildman–Crippen MR) is 104 cm³/mol. The highest BCUT2D eigenvalue weighted by Gasteiger charge is 2.26. The summed E-state index contributed by atoms with van der Waals surface area (Å²) in [5, 5.41) is 15.1. The first-order valence-electron chi connectivity index (χ1n) is 9.27. The Balaban J connectivity index is 1.92. The number of aryl methyl sites for hydroxylation is 2. The van der Waals surface area contributed by atoms with Gasteiger partial charge in [-0.1, -0.05) is 17.7 Å². The molecule has 2 aromatic carbocycles. The number of esters is 1. The first-order chi connectivity index (χ1) is 13.0. The number of fused-ring (bicyclic) bond motifs is 1. The molecule has 27 heavy (non-hydrogen) atoms. The van der Waals surface area contributed by atoms with E-state index in [-0.39, 0.29) is 24.8 Å². The molecule has 1 unspecified atom stereocenters. The van der Waals surface area contributed by atoms with Gasteiger partial charge in [0.2, 0.25) is 0 Å². The molecule has 0 saturated carbocycles. The van der Waals surface area contributed by atoms with Crippen molar-refractivity contribution < 1.29 is 14.5 Å². The summed E-state index contributed by atoms with van der Waals surface area (Å²) in [6.45, 7) is 4.02. The van der Waals surface area contributed by atoms with Crippen LogP contribution in [0.4, 0.5) is 11.4 Å². The molecule has 6 nitrogen and oxygen atoms in total. The van der Waals surface area contributed by atoms with Crippen LogP contribution in [-0.2, 0) is 22.4 Å². The monoisotopic (exact) mass is 368 g/mol. The van der Waals surface area contributed by atoms with Crippen molar-refractivity contribution in [2.45, 2.75) is 45.6 Å². The number of anilines is 1. The van der Waals surface area contributed by atoms with Gasteiger partial charge in [0.25, 0.3) is 5.69 Å². The number of hydrogen-bond donors (Lipinski definition) is 1. The van der Waals surface area contributed by atoms with Crippen molar-refractivity contribution in [1.82, 2.24) is 0 Å². The molecule has 3 rings (SSSR count). The maximum absolute atomic E-state index is 11.8. The van der Waals surface area contributed by atoms with Gasteiger partial charge in [0.1, 0.15) is 0 Å². The lowest BCUT2D eigenvalue weighted by atomic mass is 9.85. The predicted octanol–water partition coefficient (Wildman–Crippen LogP) is 4.50. The average Bonchev–Trinajstić information content (AvgIpc) is 2.63. The first-order valence-corrected chi connectivity index (χ1v) is 9.27. The minimum atomic E-state index is -0.439. The minimum Gasteiger partial charge on any atom is -0.466 e. The number of nitrogens with one attached hydrogen (secondary N) is 1. The number of nitrogens with zero attached hydrogens (tertiary/aromatic N) is 1. The maximum Gasteiger partial charge on any atom is 0.310 e.